The largest absolute Gasteiger partial charge is 0.497 e. The fourth-order valence-corrected chi connectivity index (χ4v) is 1.39. The fourth-order valence-electron chi connectivity index (χ4n) is 1.39. The van der Waals surface area contributed by atoms with Crippen molar-refractivity contribution in [2.45, 2.75) is 13.8 Å². The van der Waals surface area contributed by atoms with E-state index in [4.69, 9.17) is 15.5 Å². The Labute approximate surface area is 96.1 Å². The van der Waals surface area contributed by atoms with Gasteiger partial charge in [0.1, 0.15) is 5.75 Å². The Morgan fingerprint density at radius 1 is 1.44 bits per heavy atom. The number of allylic oxidation sites excluding steroid dienone is 2. The van der Waals surface area contributed by atoms with Gasteiger partial charge in [0.25, 0.3) is 0 Å². The number of methoxy groups -OCH3 is 1. The van der Waals surface area contributed by atoms with Crippen molar-refractivity contribution in [1.29, 1.82) is 0 Å². The van der Waals surface area contributed by atoms with Crippen LogP contribution in [0.25, 0.3) is 5.76 Å². The van der Waals surface area contributed by atoms with Gasteiger partial charge in [-0.05, 0) is 37.6 Å². The van der Waals surface area contributed by atoms with Gasteiger partial charge in [-0.15, -0.1) is 0 Å². The van der Waals surface area contributed by atoms with Crippen LogP contribution in [0.2, 0.25) is 0 Å². The van der Waals surface area contributed by atoms with Crippen molar-refractivity contribution >= 4 is 5.76 Å². The van der Waals surface area contributed by atoms with Crippen LogP contribution in [0.1, 0.15) is 18.1 Å². The molecule has 0 atom stereocenters. The van der Waals surface area contributed by atoms with Gasteiger partial charge in [0, 0.05) is 5.56 Å². The molecular formula is C13H17NO2. The van der Waals surface area contributed by atoms with Crippen LogP contribution < -0.4 is 10.6 Å². The summed E-state index contributed by atoms with van der Waals surface area (Å²) in [5.41, 5.74) is 2.85. The summed E-state index contributed by atoms with van der Waals surface area (Å²) < 4.78 is 5.16. The van der Waals surface area contributed by atoms with Crippen molar-refractivity contribution in [2.75, 3.05) is 7.11 Å². The fraction of sp³-hybridized carbons (Fsp3) is 0.231. The summed E-state index contributed by atoms with van der Waals surface area (Å²) in [5.74, 6) is 6.62. The van der Waals surface area contributed by atoms with Crippen LogP contribution in [0.5, 0.6) is 5.75 Å². The zero-order chi connectivity index (χ0) is 12.1. The van der Waals surface area contributed by atoms with Crippen molar-refractivity contribution in [2.24, 2.45) is 5.90 Å². The molecule has 0 heterocycles. The molecule has 0 saturated heterocycles. The molecule has 3 heteroatoms. The lowest BCUT2D eigenvalue weighted by Crippen LogP contribution is -2.01. The molecule has 2 N–H and O–H groups in total. The normalized spacial score (nSPS) is 11.1. The van der Waals surface area contributed by atoms with E-state index in [0.29, 0.717) is 5.76 Å². The molecule has 0 saturated carbocycles. The second-order valence-electron chi connectivity index (χ2n) is 3.65. The minimum absolute atomic E-state index is 0.587. The molecule has 1 aromatic rings. The van der Waals surface area contributed by atoms with Gasteiger partial charge in [0.15, 0.2) is 5.76 Å². The SMILES string of the molecule is C=C(C)/C=C(/ON)c1cc(OC)ccc1C. The van der Waals surface area contributed by atoms with Gasteiger partial charge in [-0.1, -0.05) is 18.2 Å². The summed E-state index contributed by atoms with van der Waals surface area (Å²) in [7, 11) is 1.62. The molecule has 86 valence electrons. The van der Waals surface area contributed by atoms with Crippen LogP contribution in [-0.4, -0.2) is 7.11 Å². The Kier molecular flexibility index (Phi) is 4.14. The Hall–Kier alpha value is -1.74. The van der Waals surface area contributed by atoms with E-state index in [1.165, 1.54) is 0 Å². The lowest BCUT2D eigenvalue weighted by molar-refractivity contribution is 0.290. The van der Waals surface area contributed by atoms with Gasteiger partial charge >= 0.3 is 0 Å². The molecule has 0 spiro atoms. The molecule has 0 aromatic heterocycles. The summed E-state index contributed by atoms with van der Waals surface area (Å²) >= 11 is 0. The third-order valence-electron chi connectivity index (χ3n) is 2.21. The minimum Gasteiger partial charge on any atom is -0.497 e. The van der Waals surface area contributed by atoms with Gasteiger partial charge in [0.05, 0.1) is 7.11 Å². The Morgan fingerprint density at radius 2 is 2.12 bits per heavy atom. The third-order valence-corrected chi connectivity index (χ3v) is 2.21. The molecule has 1 rings (SSSR count). The number of aryl methyl sites for hydroxylation is 1. The van der Waals surface area contributed by atoms with Crippen LogP contribution >= 0.6 is 0 Å². The maximum atomic E-state index is 5.26. The first kappa shape index (κ1) is 12.3. The lowest BCUT2D eigenvalue weighted by atomic mass is 10.1. The van der Waals surface area contributed by atoms with Crippen LogP contribution in [0.3, 0.4) is 0 Å². The number of rotatable bonds is 4. The number of nitrogens with two attached hydrogens (primary N) is 1. The van der Waals surface area contributed by atoms with E-state index >= 15 is 0 Å². The third kappa shape index (κ3) is 2.87. The van der Waals surface area contributed by atoms with E-state index in [0.717, 1.165) is 22.4 Å². The zero-order valence-corrected chi connectivity index (χ0v) is 9.91. The average Bonchev–Trinajstić information content (AvgIpc) is 2.26. The standard InChI is InChI=1S/C13H17NO2/c1-9(2)7-13(16-14)12-8-11(15-4)6-5-10(12)3/h5-8H,1,14H2,2-4H3/b13-7+. The first-order valence-electron chi connectivity index (χ1n) is 4.97. The second kappa shape index (κ2) is 5.37. The summed E-state index contributed by atoms with van der Waals surface area (Å²) in [6.07, 6.45) is 1.79. The lowest BCUT2D eigenvalue weighted by Gasteiger charge is -2.10. The first-order valence-corrected chi connectivity index (χ1v) is 4.97. The Balaban J connectivity index is 3.23. The highest BCUT2D eigenvalue weighted by Gasteiger charge is 2.07. The Bertz CT molecular complexity index is 422. The van der Waals surface area contributed by atoms with Crippen molar-refractivity contribution in [3.8, 4) is 5.75 Å². The quantitative estimate of drug-likeness (QED) is 0.481. The van der Waals surface area contributed by atoms with E-state index in [1.807, 2.05) is 32.0 Å². The van der Waals surface area contributed by atoms with Crippen molar-refractivity contribution < 1.29 is 9.57 Å². The molecule has 0 aliphatic rings. The van der Waals surface area contributed by atoms with Gasteiger partial charge in [-0.3, -0.25) is 0 Å². The first-order chi connectivity index (χ1) is 7.58. The highest BCUT2D eigenvalue weighted by Crippen LogP contribution is 2.24. The predicted molar refractivity (Wildman–Crippen MR) is 65.8 cm³/mol. The molecular weight excluding hydrogens is 202 g/mol. The molecule has 0 radical (unpaired) electrons. The monoisotopic (exact) mass is 219 g/mol. The molecule has 0 bridgehead atoms. The molecule has 16 heavy (non-hydrogen) atoms. The molecule has 0 aliphatic heterocycles. The number of hydrogen-bond acceptors (Lipinski definition) is 3. The van der Waals surface area contributed by atoms with Crippen molar-refractivity contribution in [3.63, 3.8) is 0 Å². The van der Waals surface area contributed by atoms with Crippen molar-refractivity contribution in [3.05, 3.63) is 47.6 Å². The molecule has 0 unspecified atom stereocenters. The van der Waals surface area contributed by atoms with Crippen LogP contribution in [0, 0.1) is 6.92 Å². The number of hydrogen-bond donors (Lipinski definition) is 1. The van der Waals surface area contributed by atoms with E-state index in [-0.39, 0.29) is 0 Å². The average molecular weight is 219 g/mol. The van der Waals surface area contributed by atoms with Crippen LogP contribution in [0.15, 0.2) is 36.4 Å². The molecule has 0 aliphatic carbocycles. The highest BCUT2D eigenvalue weighted by atomic mass is 16.6. The smallest absolute Gasteiger partial charge is 0.154 e. The molecule has 1 aromatic carbocycles. The number of benzene rings is 1. The van der Waals surface area contributed by atoms with Gasteiger partial charge in [0.2, 0.25) is 0 Å². The predicted octanol–water partition coefficient (Wildman–Crippen LogP) is 2.81. The second-order valence-corrected chi connectivity index (χ2v) is 3.65. The van der Waals surface area contributed by atoms with E-state index in [9.17, 15) is 0 Å². The van der Waals surface area contributed by atoms with Crippen molar-refractivity contribution in [1.82, 2.24) is 0 Å². The van der Waals surface area contributed by atoms with E-state index in [1.54, 1.807) is 13.2 Å². The summed E-state index contributed by atoms with van der Waals surface area (Å²) in [6, 6.07) is 5.74. The minimum atomic E-state index is 0.587. The summed E-state index contributed by atoms with van der Waals surface area (Å²) in [5, 5.41) is 0. The van der Waals surface area contributed by atoms with Crippen LogP contribution in [-0.2, 0) is 4.84 Å². The van der Waals surface area contributed by atoms with Crippen LogP contribution in [0.4, 0.5) is 0 Å². The molecule has 0 fully saturated rings. The number of ether oxygens (including phenoxy) is 1. The Morgan fingerprint density at radius 3 is 2.62 bits per heavy atom. The maximum Gasteiger partial charge on any atom is 0.154 e. The van der Waals surface area contributed by atoms with Gasteiger partial charge < -0.3 is 9.57 Å². The molecule has 3 nitrogen and oxygen atoms in total. The molecule has 0 amide bonds. The van der Waals surface area contributed by atoms with Gasteiger partial charge in [-0.25, -0.2) is 0 Å². The van der Waals surface area contributed by atoms with E-state index < -0.39 is 0 Å². The van der Waals surface area contributed by atoms with Gasteiger partial charge in [-0.2, -0.15) is 5.90 Å². The summed E-state index contributed by atoms with van der Waals surface area (Å²) in [6.45, 7) is 7.67. The summed E-state index contributed by atoms with van der Waals surface area (Å²) in [4.78, 5) is 4.87. The zero-order valence-electron chi connectivity index (χ0n) is 9.91. The topological polar surface area (TPSA) is 44.5 Å². The van der Waals surface area contributed by atoms with E-state index in [2.05, 4.69) is 6.58 Å². The maximum absolute atomic E-state index is 5.26. The highest BCUT2D eigenvalue weighted by molar-refractivity contribution is 5.66.